The third kappa shape index (κ3) is 5.61. The molecule has 0 fully saturated rings. The fourth-order valence-electron chi connectivity index (χ4n) is 1.41. The van der Waals surface area contributed by atoms with Gasteiger partial charge in [-0.3, -0.25) is 18.9 Å². The molecule has 0 heterocycles. The first-order valence-corrected chi connectivity index (χ1v) is 11.2. The molecule has 0 spiro atoms. The summed E-state index contributed by atoms with van der Waals surface area (Å²) < 4.78 is 7.10. The summed E-state index contributed by atoms with van der Waals surface area (Å²) in [6.45, 7) is 8.60. The standard InChI is InChI=1S/C12H32N4P2/c1-13(2)11-15(4)18(9,10)16(5)12-14(3)17(6,7)8/h6,9,11-12H2,1-5,7-8,10H3. The molecular weight excluding hydrogens is 262 g/mol. The minimum absolute atomic E-state index is 0.926. The first kappa shape index (κ1) is 18.4. The molecule has 0 rings (SSSR count). The van der Waals surface area contributed by atoms with Crippen molar-refractivity contribution in [1.82, 2.24) is 18.9 Å². The Hall–Kier alpha value is 0.440. The van der Waals surface area contributed by atoms with Crippen molar-refractivity contribution >= 4 is 26.8 Å². The van der Waals surface area contributed by atoms with Gasteiger partial charge in [0.25, 0.3) is 0 Å². The van der Waals surface area contributed by atoms with Gasteiger partial charge < -0.3 is 0 Å². The van der Waals surface area contributed by atoms with E-state index in [1.165, 1.54) is 0 Å². The Labute approximate surface area is 115 Å². The van der Waals surface area contributed by atoms with Crippen molar-refractivity contribution in [2.24, 2.45) is 0 Å². The normalized spacial score (nSPS) is 16.9. The van der Waals surface area contributed by atoms with Crippen LogP contribution in [0.25, 0.3) is 0 Å². The van der Waals surface area contributed by atoms with Crippen molar-refractivity contribution in [2.45, 2.75) is 0 Å². The van der Waals surface area contributed by atoms with E-state index in [9.17, 15) is 0 Å². The van der Waals surface area contributed by atoms with Crippen LogP contribution < -0.4 is 0 Å². The van der Waals surface area contributed by atoms with Crippen LogP contribution in [0.2, 0.25) is 0 Å². The molecule has 1 unspecified atom stereocenters. The van der Waals surface area contributed by atoms with Crippen LogP contribution in [0.1, 0.15) is 0 Å². The van der Waals surface area contributed by atoms with Gasteiger partial charge in [0.15, 0.2) is 0 Å². The predicted octanol–water partition coefficient (Wildman–Crippen LogP) is 1.79. The Morgan fingerprint density at radius 1 is 0.722 bits per heavy atom. The minimum atomic E-state index is -1.48. The molecule has 0 saturated heterocycles. The van der Waals surface area contributed by atoms with Crippen molar-refractivity contribution < 1.29 is 0 Å². The Bertz CT molecular complexity index is 348. The fraction of sp³-hybridized carbons (Fsp3) is 0.833. The Balaban J connectivity index is 4.71. The molecule has 0 aromatic carbocycles. The van der Waals surface area contributed by atoms with Crippen LogP contribution >= 0.6 is 14.2 Å². The van der Waals surface area contributed by atoms with Crippen molar-refractivity contribution in [3.8, 4) is 0 Å². The predicted molar refractivity (Wildman–Crippen MR) is 92.6 cm³/mol. The van der Waals surface area contributed by atoms with E-state index < -0.39 is 14.2 Å². The zero-order chi connectivity index (χ0) is 14.7. The van der Waals surface area contributed by atoms with E-state index in [0.717, 1.165) is 13.3 Å². The van der Waals surface area contributed by atoms with E-state index in [4.69, 9.17) is 0 Å². The molecule has 0 aromatic rings. The van der Waals surface area contributed by atoms with E-state index in [1.807, 2.05) is 0 Å². The minimum Gasteiger partial charge on any atom is -0.296 e. The molecule has 18 heavy (non-hydrogen) atoms. The van der Waals surface area contributed by atoms with Gasteiger partial charge in [0.1, 0.15) is 0 Å². The summed E-state index contributed by atoms with van der Waals surface area (Å²) in [5.41, 5.74) is 0. The van der Waals surface area contributed by atoms with Gasteiger partial charge >= 0.3 is 0 Å². The summed E-state index contributed by atoms with van der Waals surface area (Å²) in [6.07, 6.45) is 8.74. The van der Waals surface area contributed by atoms with Crippen LogP contribution in [0.3, 0.4) is 0 Å². The second-order valence-corrected chi connectivity index (χ2v) is 13.5. The molecule has 0 aliphatic heterocycles. The van der Waals surface area contributed by atoms with E-state index >= 15 is 0 Å². The molecule has 0 aliphatic rings. The molecule has 1 atom stereocenters. The summed E-state index contributed by atoms with van der Waals surface area (Å²) in [5, 5.41) is 0. The molecule has 110 valence electrons. The summed E-state index contributed by atoms with van der Waals surface area (Å²) >= 11 is 0. The summed E-state index contributed by atoms with van der Waals surface area (Å²) in [6, 6.07) is 0. The SMILES string of the molecule is C=P(C)(C)N(C)CN(C)P(=C)(C)N(C)CN(C)C. The summed E-state index contributed by atoms with van der Waals surface area (Å²) in [7, 11) is 7.99. The van der Waals surface area contributed by atoms with Crippen molar-refractivity contribution in [3.63, 3.8) is 0 Å². The lowest BCUT2D eigenvalue weighted by atomic mass is 10.9. The maximum Gasteiger partial charge on any atom is 0.0581 e. The smallest absolute Gasteiger partial charge is 0.0581 e. The Morgan fingerprint density at radius 3 is 1.44 bits per heavy atom. The molecule has 6 heteroatoms. The lowest BCUT2D eigenvalue weighted by Gasteiger charge is -2.42. The van der Waals surface area contributed by atoms with Crippen molar-refractivity contribution in [2.75, 3.05) is 68.6 Å². The molecule has 0 aromatic heterocycles. The topological polar surface area (TPSA) is 13.0 Å². The second-order valence-electron chi connectivity index (χ2n) is 6.05. The average Bonchev–Trinajstić information content (AvgIpc) is 2.14. The highest BCUT2D eigenvalue weighted by Gasteiger charge is 2.22. The highest BCUT2D eigenvalue weighted by molar-refractivity contribution is 7.70. The Kier molecular flexibility index (Phi) is 6.91. The van der Waals surface area contributed by atoms with E-state index in [1.54, 1.807) is 0 Å². The molecule has 0 N–H and O–H groups in total. The number of nitrogens with zero attached hydrogens (tertiary/aromatic N) is 4. The molecular formula is C12H32N4P2. The fourth-order valence-corrected chi connectivity index (χ4v) is 3.55. The van der Waals surface area contributed by atoms with Crippen LogP contribution in [0, 0.1) is 0 Å². The maximum atomic E-state index is 4.46. The molecule has 0 aliphatic carbocycles. The maximum absolute atomic E-state index is 4.46. The molecule has 0 radical (unpaired) electrons. The van der Waals surface area contributed by atoms with Crippen molar-refractivity contribution in [3.05, 3.63) is 0 Å². The van der Waals surface area contributed by atoms with Gasteiger partial charge in [0.05, 0.1) is 13.3 Å². The van der Waals surface area contributed by atoms with Gasteiger partial charge in [-0.2, -0.15) is 0 Å². The number of hydrogen-bond acceptors (Lipinski definition) is 4. The lowest BCUT2D eigenvalue weighted by molar-refractivity contribution is 0.287. The highest BCUT2D eigenvalue weighted by atomic mass is 31.2. The van der Waals surface area contributed by atoms with E-state index in [-0.39, 0.29) is 0 Å². The van der Waals surface area contributed by atoms with E-state index in [0.29, 0.717) is 0 Å². The van der Waals surface area contributed by atoms with Gasteiger partial charge in [-0.05, 0) is 55.2 Å². The molecule has 0 bridgehead atoms. The largest absolute Gasteiger partial charge is 0.296 e. The van der Waals surface area contributed by atoms with Crippen LogP contribution in [0.4, 0.5) is 0 Å². The van der Waals surface area contributed by atoms with Crippen molar-refractivity contribution in [1.29, 1.82) is 0 Å². The van der Waals surface area contributed by atoms with Crippen LogP contribution in [-0.4, -0.2) is 100 Å². The third-order valence-electron chi connectivity index (χ3n) is 3.29. The average molecular weight is 294 g/mol. The second kappa shape index (κ2) is 6.74. The van der Waals surface area contributed by atoms with Gasteiger partial charge in [0, 0.05) is 7.19 Å². The molecule has 0 amide bonds. The number of hydrogen-bond donors (Lipinski definition) is 0. The quantitative estimate of drug-likeness (QED) is 0.524. The van der Waals surface area contributed by atoms with Crippen LogP contribution in [0.5, 0.6) is 0 Å². The van der Waals surface area contributed by atoms with Gasteiger partial charge in [-0.1, -0.05) is 19.6 Å². The monoisotopic (exact) mass is 294 g/mol. The molecule has 0 saturated carbocycles. The van der Waals surface area contributed by atoms with E-state index in [2.05, 4.69) is 86.7 Å². The summed E-state index contributed by atoms with van der Waals surface area (Å²) in [5.74, 6) is 0. The molecule has 4 nitrogen and oxygen atoms in total. The third-order valence-corrected chi connectivity index (χ3v) is 8.46. The Morgan fingerprint density at radius 2 is 1.11 bits per heavy atom. The highest BCUT2D eigenvalue weighted by Crippen LogP contribution is 2.48. The first-order chi connectivity index (χ1) is 7.89. The van der Waals surface area contributed by atoms with Gasteiger partial charge in [-0.15, -0.1) is 0 Å². The van der Waals surface area contributed by atoms with Gasteiger partial charge in [0.2, 0.25) is 0 Å². The lowest BCUT2D eigenvalue weighted by Crippen LogP contribution is -2.36. The van der Waals surface area contributed by atoms with Gasteiger partial charge in [-0.25, -0.2) is 0 Å². The van der Waals surface area contributed by atoms with Crippen LogP contribution in [0.15, 0.2) is 0 Å². The zero-order valence-corrected chi connectivity index (χ0v) is 15.3. The summed E-state index contributed by atoms with van der Waals surface area (Å²) in [4.78, 5) is 2.18. The van der Waals surface area contributed by atoms with Crippen LogP contribution in [-0.2, 0) is 0 Å². The first-order valence-electron chi connectivity index (χ1n) is 6.08. The zero-order valence-electron chi connectivity index (χ0n) is 13.5. The number of rotatable bonds is 7.